The Kier molecular flexibility index (Phi) is 8.20. The zero-order valence-corrected chi connectivity index (χ0v) is 33.0. The van der Waals surface area contributed by atoms with Gasteiger partial charge in [0.05, 0.1) is 11.4 Å². The lowest BCUT2D eigenvalue weighted by Gasteiger charge is -2.25. The first-order valence-electron chi connectivity index (χ1n) is 20.4. The monoisotopic (exact) mass is 752 g/mol. The Morgan fingerprint density at radius 1 is 0.322 bits per heavy atom. The molecule has 0 fully saturated rings. The van der Waals surface area contributed by atoms with Gasteiger partial charge in [-0.2, -0.15) is 0 Å². The summed E-state index contributed by atoms with van der Waals surface area (Å²) >= 11 is 0. The van der Waals surface area contributed by atoms with Gasteiger partial charge in [0.15, 0.2) is 5.82 Å². The Hall–Kier alpha value is -7.42. The van der Waals surface area contributed by atoms with E-state index >= 15 is 0 Å². The Morgan fingerprint density at radius 3 is 1.54 bits per heavy atom. The van der Waals surface area contributed by atoms with Crippen molar-refractivity contribution in [1.29, 1.82) is 0 Å². The van der Waals surface area contributed by atoms with Crippen molar-refractivity contribution in [2.45, 2.75) is 19.3 Å². The number of nitrogens with zero attached hydrogens (tertiary/aromatic N) is 2. The minimum absolute atomic E-state index is 0.179. The molecule has 0 amide bonds. The fourth-order valence-corrected chi connectivity index (χ4v) is 9.42. The summed E-state index contributed by atoms with van der Waals surface area (Å²) in [6.07, 6.45) is 0. The molecule has 278 valence electrons. The van der Waals surface area contributed by atoms with E-state index in [4.69, 9.17) is 9.97 Å². The third-order valence-corrected chi connectivity index (χ3v) is 12.3. The van der Waals surface area contributed by atoms with E-state index in [1.54, 1.807) is 0 Å². The van der Waals surface area contributed by atoms with Crippen molar-refractivity contribution in [1.82, 2.24) is 9.97 Å². The highest BCUT2D eigenvalue weighted by atomic mass is 14.9. The van der Waals surface area contributed by atoms with Crippen LogP contribution in [0.25, 0.3) is 100.0 Å². The van der Waals surface area contributed by atoms with Gasteiger partial charge in [-0.1, -0.05) is 196 Å². The van der Waals surface area contributed by atoms with Crippen molar-refractivity contribution in [2.75, 3.05) is 0 Å². The van der Waals surface area contributed by atoms with E-state index in [1.807, 2.05) is 6.07 Å². The molecule has 0 saturated heterocycles. The standard InChI is InChI=1S/C57H40N2/c1-57(2)52-35-41-24-13-12-23-40(41)33-50(52)49-28-16-27-48(55(49)57)46-31-32-47(45-26-15-14-25-44(45)46)53-36-54(59-56(58-53)39-21-10-5-11-22-39)51-34-42(37-17-6-3-7-18-37)29-30-43(51)38-19-8-4-9-20-38/h3-36H,1-2H3. The number of hydrogen-bond acceptors (Lipinski definition) is 2. The van der Waals surface area contributed by atoms with Crippen molar-refractivity contribution in [3.8, 4) is 78.4 Å². The SMILES string of the molecule is CC1(C)c2cc3ccccc3cc2-c2cccc(-c3ccc(-c4cc(-c5cc(-c6ccccc6)ccc5-c5ccccc5)nc(-c5ccccc5)n4)c4ccccc34)c21. The van der Waals surface area contributed by atoms with Crippen molar-refractivity contribution in [3.63, 3.8) is 0 Å². The minimum atomic E-state index is -0.179. The first kappa shape index (κ1) is 34.8. The zero-order chi connectivity index (χ0) is 39.5. The fourth-order valence-electron chi connectivity index (χ4n) is 9.42. The number of hydrogen-bond donors (Lipinski definition) is 0. The van der Waals surface area contributed by atoms with Crippen LogP contribution in [0.5, 0.6) is 0 Å². The highest BCUT2D eigenvalue weighted by Gasteiger charge is 2.38. The van der Waals surface area contributed by atoms with E-state index in [0.29, 0.717) is 5.82 Å². The molecule has 11 rings (SSSR count). The van der Waals surface area contributed by atoms with Crippen molar-refractivity contribution in [3.05, 3.63) is 217 Å². The number of rotatable bonds is 6. The van der Waals surface area contributed by atoms with E-state index in [2.05, 4.69) is 214 Å². The molecule has 0 radical (unpaired) electrons. The van der Waals surface area contributed by atoms with E-state index in [0.717, 1.165) is 50.2 Å². The maximum atomic E-state index is 5.36. The fraction of sp³-hybridized carbons (Fsp3) is 0.0526. The van der Waals surface area contributed by atoms with E-state index in [9.17, 15) is 0 Å². The second kappa shape index (κ2) is 13.9. The van der Waals surface area contributed by atoms with Crippen LogP contribution in [0, 0.1) is 0 Å². The van der Waals surface area contributed by atoms with Gasteiger partial charge in [-0.05, 0) is 101 Å². The summed E-state index contributed by atoms with van der Waals surface area (Å²) in [4.78, 5) is 10.7. The van der Waals surface area contributed by atoms with Gasteiger partial charge in [0.2, 0.25) is 0 Å². The third kappa shape index (κ3) is 5.87. The number of benzene rings is 9. The zero-order valence-electron chi connectivity index (χ0n) is 33.0. The smallest absolute Gasteiger partial charge is 0.160 e. The third-order valence-electron chi connectivity index (χ3n) is 12.3. The largest absolute Gasteiger partial charge is 0.228 e. The van der Waals surface area contributed by atoms with Crippen LogP contribution in [-0.2, 0) is 5.41 Å². The van der Waals surface area contributed by atoms with Gasteiger partial charge in [0, 0.05) is 22.1 Å². The number of aromatic nitrogens is 2. The lowest BCUT2D eigenvalue weighted by molar-refractivity contribution is 0.663. The van der Waals surface area contributed by atoms with Crippen molar-refractivity contribution < 1.29 is 0 Å². The molecule has 0 N–H and O–H groups in total. The summed E-state index contributed by atoms with van der Waals surface area (Å²) in [7, 11) is 0. The molecule has 0 unspecified atom stereocenters. The molecule has 9 aromatic carbocycles. The van der Waals surface area contributed by atoms with E-state index < -0.39 is 0 Å². The minimum Gasteiger partial charge on any atom is -0.228 e. The molecule has 2 nitrogen and oxygen atoms in total. The molecule has 0 bridgehead atoms. The summed E-state index contributed by atoms with van der Waals surface area (Å²) in [6, 6.07) is 74.3. The normalized spacial score (nSPS) is 12.7. The topological polar surface area (TPSA) is 25.8 Å². The first-order chi connectivity index (χ1) is 29.0. The Balaban J connectivity index is 1.12. The van der Waals surface area contributed by atoms with Gasteiger partial charge in [-0.25, -0.2) is 9.97 Å². The first-order valence-corrected chi connectivity index (χ1v) is 20.4. The van der Waals surface area contributed by atoms with Gasteiger partial charge in [-0.3, -0.25) is 0 Å². The molecule has 10 aromatic rings. The van der Waals surface area contributed by atoms with Crippen LogP contribution < -0.4 is 0 Å². The van der Waals surface area contributed by atoms with Gasteiger partial charge < -0.3 is 0 Å². The summed E-state index contributed by atoms with van der Waals surface area (Å²) in [5, 5.41) is 4.92. The van der Waals surface area contributed by atoms with Crippen LogP contribution in [0.4, 0.5) is 0 Å². The number of fused-ring (bicyclic) bond motifs is 5. The van der Waals surface area contributed by atoms with Crippen molar-refractivity contribution >= 4 is 21.5 Å². The molecular weight excluding hydrogens is 713 g/mol. The van der Waals surface area contributed by atoms with E-state index in [1.165, 1.54) is 55.1 Å². The van der Waals surface area contributed by atoms with Crippen LogP contribution >= 0.6 is 0 Å². The maximum absolute atomic E-state index is 5.36. The highest BCUT2D eigenvalue weighted by molar-refractivity contribution is 6.07. The molecule has 0 aliphatic heterocycles. The summed E-state index contributed by atoms with van der Waals surface area (Å²) in [5.74, 6) is 0.697. The second-order valence-electron chi connectivity index (χ2n) is 16.1. The summed E-state index contributed by atoms with van der Waals surface area (Å²) in [6.45, 7) is 4.77. The second-order valence-corrected chi connectivity index (χ2v) is 16.1. The Bertz CT molecular complexity index is 3220. The van der Waals surface area contributed by atoms with Crippen LogP contribution in [0.1, 0.15) is 25.0 Å². The predicted molar refractivity (Wildman–Crippen MR) is 247 cm³/mol. The lowest BCUT2D eigenvalue weighted by Crippen LogP contribution is -2.16. The molecule has 1 aliphatic rings. The molecule has 0 saturated carbocycles. The van der Waals surface area contributed by atoms with Crippen LogP contribution in [0.2, 0.25) is 0 Å². The van der Waals surface area contributed by atoms with Gasteiger partial charge >= 0.3 is 0 Å². The van der Waals surface area contributed by atoms with Gasteiger partial charge in [0.25, 0.3) is 0 Å². The summed E-state index contributed by atoms with van der Waals surface area (Å²) < 4.78 is 0. The highest BCUT2D eigenvalue weighted by Crippen LogP contribution is 2.54. The maximum Gasteiger partial charge on any atom is 0.160 e. The van der Waals surface area contributed by atoms with Crippen LogP contribution in [-0.4, -0.2) is 9.97 Å². The average Bonchev–Trinajstić information content (AvgIpc) is 3.53. The molecule has 0 spiro atoms. The molecule has 0 atom stereocenters. The van der Waals surface area contributed by atoms with Crippen LogP contribution in [0.3, 0.4) is 0 Å². The van der Waals surface area contributed by atoms with Crippen molar-refractivity contribution in [2.24, 2.45) is 0 Å². The lowest BCUT2D eigenvalue weighted by atomic mass is 9.78. The Morgan fingerprint density at radius 2 is 0.847 bits per heavy atom. The molecule has 2 heteroatoms. The van der Waals surface area contributed by atoms with E-state index in [-0.39, 0.29) is 5.41 Å². The quantitative estimate of drug-likeness (QED) is 0.169. The molecule has 1 heterocycles. The average molecular weight is 753 g/mol. The van der Waals surface area contributed by atoms with Crippen LogP contribution in [0.15, 0.2) is 206 Å². The summed E-state index contributed by atoms with van der Waals surface area (Å²) in [5.41, 5.74) is 17.2. The van der Waals surface area contributed by atoms with Gasteiger partial charge in [-0.15, -0.1) is 0 Å². The molecular formula is C57H40N2. The Labute approximate surface area is 345 Å². The molecule has 59 heavy (non-hydrogen) atoms. The molecule has 1 aromatic heterocycles. The van der Waals surface area contributed by atoms with Gasteiger partial charge in [0.1, 0.15) is 0 Å². The predicted octanol–water partition coefficient (Wildman–Crippen LogP) is 15.1. The molecule has 1 aliphatic carbocycles.